The van der Waals surface area contributed by atoms with Crippen LogP contribution >= 0.6 is 11.6 Å². The summed E-state index contributed by atoms with van der Waals surface area (Å²) in [7, 11) is 2.00. The van der Waals surface area contributed by atoms with Crippen LogP contribution < -0.4 is 10.2 Å². The van der Waals surface area contributed by atoms with E-state index in [0.29, 0.717) is 11.2 Å². The highest BCUT2D eigenvalue weighted by Gasteiger charge is 2.22. The Balaban J connectivity index is 1.97. The predicted molar refractivity (Wildman–Crippen MR) is 78.8 cm³/mol. The Hall–Kier alpha value is -1.39. The maximum Gasteiger partial charge on any atom is 0.172 e. The van der Waals surface area contributed by atoms with Crippen LogP contribution in [0.25, 0.3) is 11.0 Å². The van der Waals surface area contributed by atoms with Gasteiger partial charge in [-0.1, -0.05) is 23.7 Å². The third-order valence-corrected chi connectivity index (χ3v) is 3.89. The third-order valence-electron chi connectivity index (χ3n) is 3.64. The minimum atomic E-state index is 0.496. The van der Waals surface area contributed by atoms with Gasteiger partial charge in [0.25, 0.3) is 0 Å². The van der Waals surface area contributed by atoms with Crippen LogP contribution in [0.3, 0.4) is 0 Å². The van der Waals surface area contributed by atoms with Gasteiger partial charge < -0.3 is 10.2 Å². The Bertz CT molecular complexity index is 587. The molecule has 0 amide bonds. The first-order chi connectivity index (χ1) is 9.28. The van der Waals surface area contributed by atoms with Crippen LogP contribution in [0.15, 0.2) is 24.3 Å². The number of halogens is 1. The molecule has 1 N–H and O–H groups in total. The number of rotatable bonds is 2. The number of fused-ring (bicyclic) bond motifs is 1. The fourth-order valence-corrected chi connectivity index (χ4v) is 2.83. The fourth-order valence-electron chi connectivity index (χ4n) is 2.58. The number of benzene rings is 1. The van der Waals surface area contributed by atoms with Crippen LogP contribution in [0.4, 0.5) is 5.82 Å². The van der Waals surface area contributed by atoms with Crippen LogP contribution in [0.1, 0.15) is 12.8 Å². The van der Waals surface area contributed by atoms with Crippen LogP contribution in [0.2, 0.25) is 5.15 Å². The van der Waals surface area contributed by atoms with Gasteiger partial charge in [-0.15, -0.1) is 0 Å². The number of hydrogen-bond donors (Lipinski definition) is 1. The lowest BCUT2D eigenvalue weighted by molar-refractivity contribution is 0.447. The van der Waals surface area contributed by atoms with E-state index in [4.69, 9.17) is 11.6 Å². The second kappa shape index (κ2) is 5.31. The number of para-hydroxylation sites is 2. The monoisotopic (exact) mass is 276 g/mol. The highest BCUT2D eigenvalue weighted by Crippen LogP contribution is 2.27. The molecule has 0 saturated carbocycles. The molecule has 1 aromatic heterocycles. The second-order valence-electron chi connectivity index (χ2n) is 4.90. The summed E-state index contributed by atoms with van der Waals surface area (Å²) in [6.45, 7) is 1.92. The molecule has 100 valence electrons. The van der Waals surface area contributed by atoms with Crippen molar-refractivity contribution in [3.05, 3.63) is 29.4 Å². The molecule has 1 aromatic carbocycles. The molecule has 1 unspecified atom stereocenters. The molecule has 2 heterocycles. The quantitative estimate of drug-likeness (QED) is 0.915. The van der Waals surface area contributed by atoms with Crippen molar-refractivity contribution in [1.82, 2.24) is 15.3 Å². The van der Waals surface area contributed by atoms with Gasteiger partial charge in [-0.25, -0.2) is 9.97 Å². The van der Waals surface area contributed by atoms with Crippen LogP contribution in [0, 0.1) is 0 Å². The zero-order valence-corrected chi connectivity index (χ0v) is 11.7. The Morgan fingerprint density at radius 2 is 2.00 bits per heavy atom. The zero-order chi connectivity index (χ0) is 13.2. The van der Waals surface area contributed by atoms with Crippen molar-refractivity contribution in [3.63, 3.8) is 0 Å². The van der Waals surface area contributed by atoms with E-state index in [1.165, 1.54) is 6.42 Å². The predicted octanol–water partition coefficient (Wildman–Crippen LogP) is 2.47. The molecule has 1 atom stereocenters. The van der Waals surface area contributed by atoms with Crippen molar-refractivity contribution in [3.8, 4) is 0 Å². The van der Waals surface area contributed by atoms with Gasteiger partial charge in [-0.05, 0) is 32.0 Å². The van der Waals surface area contributed by atoms with Gasteiger partial charge >= 0.3 is 0 Å². The van der Waals surface area contributed by atoms with Gasteiger partial charge in [0.05, 0.1) is 11.0 Å². The fraction of sp³-hybridized carbons (Fsp3) is 0.429. The average molecular weight is 277 g/mol. The first kappa shape index (κ1) is 12.6. The van der Waals surface area contributed by atoms with Crippen molar-refractivity contribution in [1.29, 1.82) is 0 Å². The van der Waals surface area contributed by atoms with E-state index in [-0.39, 0.29) is 0 Å². The molecule has 19 heavy (non-hydrogen) atoms. The molecule has 0 bridgehead atoms. The number of hydrogen-bond acceptors (Lipinski definition) is 4. The largest absolute Gasteiger partial charge is 0.352 e. The summed E-state index contributed by atoms with van der Waals surface area (Å²) in [6.07, 6.45) is 2.35. The maximum absolute atomic E-state index is 6.29. The lowest BCUT2D eigenvalue weighted by atomic mass is 10.1. The van der Waals surface area contributed by atoms with Gasteiger partial charge in [-0.2, -0.15) is 0 Å². The van der Waals surface area contributed by atoms with Crippen molar-refractivity contribution in [2.24, 2.45) is 0 Å². The minimum absolute atomic E-state index is 0.496. The number of nitrogens with one attached hydrogen (secondary N) is 1. The molecule has 1 aliphatic rings. The number of piperidine rings is 1. The molecule has 0 spiro atoms. The first-order valence-corrected chi connectivity index (χ1v) is 7.00. The standard InChI is InChI=1S/C14H17ClN4/c1-16-10-5-4-8-19(9-10)14-13(15)17-11-6-2-3-7-12(11)18-14/h2-3,6-7,10,16H,4-5,8-9H2,1H3. The van der Waals surface area contributed by atoms with Gasteiger partial charge in [0.1, 0.15) is 0 Å². The molecule has 1 saturated heterocycles. The number of likely N-dealkylation sites (N-methyl/N-ethyl adjacent to an activating group) is 1. The first-order valence-electron chi connectivity index (χ1n) is 6.62. The molecular formula is C14H17ClN4. The highest BCUT2D eigenvalue weighted by molar-refractivity contribution is 6.32. The summed E-state index contributed by atoms with van der Waals surface area (Å²) in [5.74, 6) is 0.806. The molecule has 0 aliphatic carbocycles. The summed E-state index contributed by atoms with van der Waals surface area (Å²) in [6, 6.07) is 8.33. The normalized spacial score (nSPS) is 19.9. The minimum Gasteiger partial charge on any atom is -0.352 e. The average Bonchev–Trinajstić information content (AvgIpc) is 2.46. The summed E-state index contributed by atoms with van der Waals surface area (Å²) in [5.41, 5.74) is 1.74. The highest BCUT2D eigenvalue weighted by atomic mass is 35.5. The van der Waals surface area contributed by atoms with E-state index < -0.39 is 0 Å². The SMILES string of the molecule is CNC1CCCN(c2nc3ccccc3nc2Cl)C1. The topological polar surface area (TPSA) is 41.0 Å². The van der Waals surface area contributed by atoms with Crippen molar-refractivity contribution in [2.45, 2.75) is 18.9 Å². The summed E-state index contributed by atoms with van der Waals surface area (Å²) in [5, 5.41) is 3.82. The smallest absolute Gasteiger partial charge is 0.172 e. The molecule has 2 aromatic rings. The van der Waals surface area contributed by atoms with E-state index >= 15 is 0 Å². The molecule has 0 radical (unpaired) electrons. The number of anilines is 1. The van der Waals surface area contributed by atoms with E-state index in [1.807, 2.05) is 31.3 Å². The van der Waals surface area contributed by atoms with Gasteiger partial charge in [0.2, 0.25) is 0 Å². The van der Waals surface area contributed by atoms with E-state index in [1.54, 1.807) is 0 Å². The third kappa shape index (κ3) is 2.51. The number of nitrogens with zero attached hydrogens (tertiary/aromatic N) is 3. The molecular weight excluding hydrogens is 260 g/mol. The van der Waals surface area contributed by atoms with Crippen molar-refractivity contribution >= 4 is 28.5 Å². The summed E-state index contributed by atoms with van der Waals surface area (Å²) < 4.78 is 0. The molecule has 1 aliphatic heterocycles. The van der Waals surface area contributed by atoms with Crippen LogP contribution in [-0.4, -0.2) is 36.1 Å². The van der Waals surface area contributed by atoms with E-state index in [9.17, 15) is 0 Å². The Kier molecular flexibility index (Phi) is 3.53. The van der Waals surface area contributed by atoms with E-state index in [2.05, 4.69) is 20.2 Å². The lowest BCUT2D eigenvalue weighted by Gasteiger charge is -2.33. The van der Waals surface area contributed by atoms with Crippen LogP contribution in [0.5, 0.6) is 0 Å². The number of aromatic nitrogens is 2. The summed E-state index contributed by atoms with van der Waals surface area (Å²) >= 11 is 6.29. The maximum atomic E-state index is 6.29. The zero-order valence-electron chi connectivity index (χ0n) is 10.9. The molecule has 3 rings (SSSR count). The van der Waals surface area contributed by atoms with Gasteiger partial charge in [0, 0.05) is 19.1 Å². The molecule has 5 heteroatoms. The molecule has 4 nitrogen and oxygen atoms in total. The Labute approximate surface area is 117 Å². The Morgan fingerprint density at radius 3 is 2.74 bits per heavy atom. The van der Waals surface area contributed by atoms with Gasteiger partial charge in [-0.3, -0.25) is 0 Å². The van der Waals surface area contributed by atoms with Crippen LogP contribution in [-0.2, 0) is 0 Å². The van der Waals surface area contributed by atoms with E-state index in [0.717, 1.165) is 36.4 Å². The lowest BCUT2D eigenvalue weighted by Crippen LogP contribution is -2.44. The van der Waals surface area contributed by atoms with Crippen molar-refractivity contribution < 1.29 is 0 Å². The molecule has 1 fully saturated rings. The van der Waals surface area contributed by atoms with Crippen molar-refractivity contribution in [2.75, 3.05) is 25.0 Å². The summed E-state index contributed by atoms with van der Waals surface area (Å²) in [4.78, 5) is 11.3. The van der Waals surface area contributed by atoms with Gasteiger partial charge in [0.15, 0.2) is 11.0 Å². The Morgan fingerprint density at radius 1 is 1.26 bits per heavy atom. The second-order valence-corrected chi connectivity index (χ2v) is 5.26.